The van der Waals surface area contributed by atoms with Crippen molar-refractivity contribution in [1.29, 1.82) is 0 Å². The largest absolute Gasteiger partial charge is 0.465 e. The zero-order chi connectivity index (χ0) is 14.9. The maximum atomic E-state index is 11.9. The Hall–Kier alpha value is -0.610. The number of rotatable bonds is 10. The zero-order valence-electron chi connectivity index (χ0n) is 13.6. The molecule has 4 heteroatoms. The lowest BCUT2D eigenvalue weighted by atomic mass is 9.96. The van der Waals surface area contributed by atoms with Gasteiger partial charge in [0.25, 0.3) is 0 Å². The van der Waals surface area contributed by atoms with Crippen molar-refractivity contribution in [2.24, 2.45) is 5.92 Å². The predicted molar refractivity (Wildman–Crippen MR) is 80.3 cm³/mol. The smallest absolute Gasteiger partial charge is 0.326 e. The van der Waals surface area contributed by atoms with Crippen molar-refractivity contribution in [1.82, 2.24) is 10.2 Å². The van der Waals surface area contributed by atoms with E-state index >= 15 is 0 Å². The molecule has 0 saturated carbocycles. The van der Waals surface area contributed by atoms with Gasteiger partial charge in [0.1, 0.15) is 5.54 Å². The minimum Gasteiger partial charge on any atom is -0.465 e. The molecular weight excluding hydrogens is 240 g/mol. The molecule has 0 fully saturated rings. The van der Waals surface area contributed by atoms with Crippen molar-refractivity contribution in [2.45, 2.75) is 52.5 Å². The van der Waals surface area contributed by atoms with E-state index in [0.717, 1.165) is 31.8 Å². The highest BCUT2D eigenvalue weighted by atomic mass is 16.5. The third kappa shape index (κ3) is 6.92. The molecule has 2 unspecified atom stereocenters. The second-order valence-electron chi connectivity index (χ2n) is 5.68. The van der Waals surface area contributed by atoms with Crippen molar-refractivity contribution in [3.63, 3.8) is 0 Å². The summed E-state index contributed by atoms with van der Waals surface area (Å²) in [7, 11) is 3.97. The van der Waals surface area contributed by atoms with Gasteiger partial charge in [0.15, 0.2) is 0 Å². The minimum absolute atomic E-state index is 0.151. The fourth-order valence-corrected chi connectivity index (χ4v) is 2.07. The molecule has 0 rings (SSSR count). The fraction of sp³-hybridized carbons (Fsp3) is 0.933. The number of nitrogens with zero attached hydrogens (tertiary/aromatic N) is 1. The summed E-state index contributed by atoms with van der Waals surface area (Å²) in [6.45, 7) is 10.8. The molecular formula is C15H32N2O2. The summed E-state index contributed by atoms with van der Waals surface area (Å²) in [6.07, 6.45) is 3.00. The molecule has 19 heavy (non-hydrogen) atoms. The van der Waals surface area contributed by atoms with E-state index in [-0.39, 0.29) is 5.97 Å². The number of hydrogen-bond donors (Lipinski definition) is 1. The number of carbonyl (C=O) groups excluding carboxylic acids is 1. The number of nitrogens with one attached hydrogen (secondary N) is 1. The van der Waals surface area contributed by atoms with E-state index in [1.165, 1.54) is 6.42 Å². The predicted octanol–water partition coefficient (Wildman–Crippen LogP) is 2.29. The van der Waals surface area contributed by atoms with Crippen LogP contribution in [0.1, 0.15) is 47.0 Å². The molecule has 0 aromatic rings. The lowest BCUT2D eigenvalue weighted by Crippen LogP contribution is -2.49. The van der Waals surface area contributed by atoms with Gasteiger partial charge < -0.3 is 15.0 Å². The number of esters is 1. The number of carbonyl (C=O) groups is 1. The van der Waals surface area contributed by atoms with Crippen molar-refractivity contribution >= 4 is 5.97 Å². The van der Waals surface area contributed by atoms with Gasteiger partial charge >= 0.3 is 5.97 Å². The van der Waals surface area contributed by atoms with Crippen LogP contribution in [0.3, 0.4) is 0 Å². The van der Waals surface area contributed by atoms with Gasteiger partial charge in [-0.05, 0) is 53.2 Å². The Morgan fingerprint density at radius 1 is 1.42 bits per heavy atom. The molecule has 0 spiro atoms. The van der Waals surface area contributed by atoms with E-state index < -0.39 is 5.54 Å². The van der Waals surface area contributed by atoms with Gasteiger partial charge in [-0.2, -0.15) is 0 Å². The molecule has 0 aliphatic carbocycles. The minimum atomic E-state index is -0.562. The van der Waals surface area contributed by atoms with Gasteiger partial charge in [0.2, 0.25) is 0 Å². The van der Waals surface area contributed by atoms with Gasteiger partial charge in [-0.25, -0.2) is 0 Å². The van der Waals surface area contributed by atoms with Crippen LogP contribution in [0.5, 0.6) is 0 Å². The van der Waals surface area contributed by atoms with Crippen LogP contribution in [-0.2, 0) is 9.53 Å². The van der Waals surface area contributed by atoms with Crippen molar-refractivity contribution in [3.8, 4) is 0 Å². The summed E-state index contributed by atoms with van der Waals surface area (Å²) in [4.78, 5) is 14.2. The summed E-state index contributed by atoms with van der Waals surface area (Å²) in [5, 5.41) is 3.10. The van der Waals surface area contributed by atoms with E-state index in [1.807, 2.05) is 20.9 Å². The first-order valence-corrected chi connectivity index (χ1v) is 7.44. The van der Waals surface area contributed by atoms with Crippen LogP contribution in [0.25, 0.3) is 0 Å². The van der Waals surface area contributed by atoms with Crippen molar-refractivity contribution < 1.29 is 9.53 Å². The Morgan fingerprint density at radius 3 is 2.53 bits per heavy atom. The molecule has 2 atom stereocenters. The van der Waals surface area contributed by atoms with Crippen molar-refractivity contribution in [3.05, 3.63) is 0 Å². The van der Waals surface area contributed by atoms with Gasteiger partial charge in [-0.1, -0.05) is 20.3 Å². The van der Waals surface area contributed by atoms with Crippen LogP contribution >= 0.6 is 0 Å². The van der Waals surface area contributed by atoms with E-state index in [0.29, 0.717) is 6.61 Å². The Bertz CT molecular complexity index is 259. The Balaban J connectivity index is 4.11. The number of hydrogen-bond acceptors (Lipinski definition) is 4. The quantitative estimate of drug-likeness (QED) is 0.620. The molecule has 0 heterocycles. The first-order valence-electron chi connectivity index (χ1n) is 7.44. The molecule has 4 nitrogen and oxygen atoms in total. The SMILES string of the molecule is CCOC(=O)C(C)(CCCN(C)CC(C)CC)NC. The van der Waals surface area contributed by atoms with Crippen LogP contribution in [0, 0.1) is 5.92 Å². The second kappa shape index (κ2) is 9.32. The highest BCUT2D eigenvalue weighted by Crippen LogP contribution is 2.15. The van der Waals surface area contributed by atoms with Crippen molar-refractivity contribution in [2.75, 3.05) is 33.8 Å². The normalized spacial score (nSPS) is 16.2. The first-order chi connectivity index (χ1) is 8.89. The Kier molecular flexibility index (Phi) is 9.02. The van der Waals surface area contributed by atoms with Gasteiger partial charge in [-0.15, -0.1) is 0 Å². The molecule has 1 N–H and O–H groups in total. The van der Waals surface area contributed by atoms with Crippen LogP contribution in [-0.4, -0.2) is 50.2 Å². The van der Waals surface area contributed by atoms with Gasteiger partial charge in [0, 0.05) is 6.54 Å². The molecule has 0 saturated heterocycles. The number of ether oxygens (including phenoxy) is 1. The molecule has 0 aromatic carbocycles. The van der Waals surface area contributed by atoms with Gasteiger partial charge in [-0.3, -0.25) is 4.79 Å². The average Bonchev–Trinajstić information content (AvgIpc) is 2.38. The third-order valence-corrected chi connectivity index (χ3v) is 3.81. The summed E-state index contributed by atoms with van der Waals surface area (Å²) in [5.41, 5.74) is -0.562. The van der Waals surface area contributed by atoms with Crippen LogP contribution in [0.4, 0.5) is 0 Å². The zero-order valence-corrected chi connectivity index (χ0v) is 13.6. The summed E-state index contributed by atoms with van der Waals surface area (Å²) in [6, 6.07) is 0. The maximum Gasteiger partial charge on any atom is 0.326 e. The van der Waals surface area contributed by atoms with Gasteiger partial charge in [0.05, 0.1) is 6.61 Å². The molecule has 114 valence electrons. The second-order valence-corrected chi connectivity index (χ2v) is 5.68. The first kappa shape index (κ1) is 18.4. The molecule has 0 aliphatic rings. The van der Waals surface area contributed by atoms with Crippen LogP contribution < -0.4 is 5.32 Å². The lowest BCUT2D eigenvalue weighted by molar-refractivity contribution is -0.150. The highest BCUT2D eigenvalue weighted by Gasteiger charge is 2.32. The highest BCUT2D eigenvalue weighted by molar-refractivity contribution is 5.80. The lowest BCUT2D eigenvalue weighted by Gasteiger charge is -2.28. The molecule has 0 aliphatic heterocycles. The van der Waals surface area contributed by atoms with E-state index in [9.17, 15) is 4.79 Å². The Labute approximate surface area is 118 Å². The topological polar surface area (TPSA) is 41.6 Å². The van der Waals surface area contributed by atoms with E-state index in [4.69, 9.17) is 4.74 Å². The summed E-state index contributed by atoms with van der Waals surface area (Å²) >= 11 is 0. The third-order valence-electron chi connectivity index (χ3n) is 3.81. The average molecular weight is 272 g/mol. The maximum absolute atomic E-state index is 11.9. The van der Waals surface area contributed by atoms with Crippen LogP contribution in [0.15, 0.2) is 0 Å². The van der Waals surface area contributed by atoms with Crippen LogP contribution in [0.2, 0.25) is 0 Å². The monoisotopic (exact) mass is 272 g/mol. The van der Waals surface area contributed by atoms with E-state index in [1.54, 1.807) is 0 Å². The standard InChI is InChI=1S/C15H32N2O2/c1-7-13(3)12-17(6)11-9-10-15(4,16-5)14(18)19-8-2/h13,16H,7-12H2,1-6H3. The molecule has 0 bridgehead atoms. The summed E-state index contributed by atoms with van der Waals surface area (Å²) < 4.78 is 5.12. The Morgan fingerprint density at radius 2 is 2.05 bits per heavy atom. The summed E-state index contributed by atoms with van der Waals surface area (Å²) in [5.74, 6) is 0.577. The number of likely N-dealkylation sites (N-methyl/N-ethyl adjacent to an activating group) is 1. The van der Waals surface area contributed by atoms with E-state index in [2.05, 4.69) is 31.1 Å². The molecule has 0 amide bonds. The molecule has 0 aromatic heterocycles. The molecule has 0 radical (unpaired) electrons. The fourth-order valence-electron chi connectivity index (χ4n) is 2.07.